The third-order valence-electron chi connectivity index (χ3n) is 3.46. The van der Waals surface area contributed by atoms with Gasteiger partial charge in [-0.2, -0.15) is 0 Å². The van der Waals surface area contributed by atoms with Crippen LogP contribution in [0.25, 0.3) is 16.5 Å². The summed E-state index contributed by atoms with van der Waals surface area (Å²) in [5.41, 5.74) is 5.64. The second-order valence-electron chi connectivity index (χ2n) is 4.64. The minimum absolute atomic E-state index is 0.961. The topological polar surface area (TPSA) is 28.7 Å². The Morgan fingerprint density at radius 1 is 1.26 bits per heavy atom. The van der Waals surface area contributed by atoms with Crippen LogP contribution in [0.15, 0.2) is 55.4 Å². The molecule has 0 fully saturated rings. The van der Waals surface area contributed by atoms with Gasteiger partial charge in [0.2, 0.25) is 0 Å². The summed E-state index contributed by atoms with van der Waals surface area (Å²) in [6, 6.07) is 12.5. The molecule has 0 bridgehead atoms. The van der Waals surface area contributed by atoms with Crippen LogP contribution < -0.4 is 0 Å². The molecule has 0 atom stereocenters. The molecule has 3 aromatic rings. The third kappa shape index (κ3) is 2.06. The molecule has 19 heavy (non-hydrogen) atoms. The van der Waals surface area contributed by atoms with Gasteiger partial charge < -0.3 is 4.98 Å². The Morgan fingerprint density at radius 3 is 2.89 bits per heavy atom. The highest BCUT2D eigenvalue weighted by Gasteiger charge is 2.09. The molecule has 0 amide bonds. The smallest absolute Gasteiger partial charge is 0.0464 e. The van der Waals surface area contributed by atoms with Crippen molar-refractivity contribution in [3.8, 4) is 0 Å². The first-order valence-electron chi connectivity index (χ1n) is 6.50. The van der Waals surface area contributed by atoms with Crippen molar-refractivity contribution < 1.29 is 0 Å². The van der Waals surface area contributed by atoms with Gasteiger partial charge in [0.05, 0.1) is 0 Å². The number of nitrogens with one attached hydrogen (secondary N) is 1. The molecule has 0 spiro atoms. The molecule has 0 saturated heterocycles. The second-order valence-corrected chi connectivity index (χ2v) is 4.64. The zero-order valence-corrected chi connectivity index (χ0v) is 11.0. The molecule has 2 aromatic heterocycles. The number of pyridine rings is 1. The maximum Gasteiger partial charge on any atom is 0.0464 e. The van der Waals surface area contributed by atoms with E-state index in [9.17, 15) is 0 Å². The Hall–Kier alpha value is -2.35. The highest BCUT2D eigenvalue weighted by molar-refractivity contribution is 5.88. The van der Waals surface area contributed by atoms with Crippen LogP contribution in [0.5, 0.6) is 0 Å². The number of fused-ring (bicyclic) bond motifs is 1. The highest BCUT2D eigenvalue weighted by Crippen LogP contribution is 2.26. The van der Waals surface area contributed by atoms with Gasteiger partial charge in [-0.1, -0.05) is 31.7 Å². The molecule has 1 aromatic carbocycles. The van der Waals surface area contributed by atoms with Crippen molar-refractivity contribution in [1.82, 2.24) is 9.97 Å². The number of H-pyrrole nitrogens is 1. The first-order valence-corrected chi connectivity index (χ1v) is 6.50. The average molecular weight is 248 g/mol. The number of aryl methyl sites for hydroxylation is 1. The van der Waals surface area contributed by atoms with E-state index in [0.29, 0.717) is 0 Å². The largest absolute Gasteiger partial charge is 0.355 e. The second kappa shape index (κ2) is 4.73. The van der Waals surface area contributed by atoms with Crippen LogP contribution in [-0.4, -0.2) is 9.97 Å². The quantitative estimate of drug-likeness (QED) is 0.739. The van der Waals surface area contributed by atoms with E-state index in [1.165, 1.54) is 16.5 Å². The van der Waals surface area contributed by atoms with E-state index in [4.69, 9.17) is 0 Å². The van der Waals surface area contributed by atoms with Gasteiger partial charge in [-0.05, 0) is 41.3 Å². The first-order chi connectivity index (χ1) is 9.29. The van der Waals surface area contributed by atoms with Crippen molar-refractivity contribution >= 4 is 16.5 Å². The molecule has 0 saturated carbocycles. The molecule has 2 nitrogen and oxygen atoms in total. The number of rotatable bonds is 3. The van der Waals surface area contributed by atoms with Crippen molar-refractivity contribution in [2.24, 2.45) is 0 Å². The van der Waals surface area contributed by atoms with Crippen molar-refractivity contribution in [2.75, 3.05) is 0 Å². The fourth-order valence-electron chi connectivity index (χ4n) is 2.38. The number of hydrogen-bond acceptors (Lipinski definition) is 1. The molecular weight excluding hydrogens is 232 g/mol. The predicted octanol–water partition coefficient (Wildman–Crippen LogP) is 4.19. The van der Waals surface area contributed by atoms with Gasteiger partial charge in [-0.25, -0.2) is 0 Å². The molecular formula is C17H16N2. The Bertz CT molecular complexity index is 705. The van der Waals surface area contributed by atoms with Gasteiger partial charge in [0.25, 0.3) is 0 Å². The van der Waals surface area contributed by atoms with E-state index in [1.54, 1.807) is 0 Å². The summed E-state index contributed by atoms with van der Waals surface area (Å²) in [5, 5.41) is 1.21. The van der Waals surface area contributed by atoms with Crippen LogP contribution in [0.3, 0.4) is 0 Å². The van der Waals surface area contributed by atoms with Gasteiger partial charge in [0, 0.05) is 29.0 Å². The molecule has 2 heterocycles. The Balaban J connectivity index is 2.08. The number of benzene rings is 1. The summed E-state index contributed by atoms with van der Waals surface area (Å²) in [7, 11) is 0. The minimum atomic E-state index is 0.961. The maximum atomic E-state index is 4.24. The van der Waals surface area contributed by atoms with Crippen molar-refractivity contribution in [1.29, 1.82) is 0 Å². The summed E-state index contributed by atoms with van der Waals surface area (Å²) in [4.78, 5) is 7.61. The van der Waals surface area contributed by atoms with Crippen molar-refractivity contribution in [3.05, 3.63) is 72.2 Å². The van der Waals surface area contributed by atoms with Gasteiger partial charge in [-0.15, -0.1) is 0 Å². The monoisotopic (exact) mass is 248 g/mol. The molecule has 0 radical (unpaired) electrons. The van der Waals surface area contributed by atoms with E-state index in [0.717, 1.165) is 23.2 Å². The fraction of sp³-hybridized carbons (Fsp3) is 0.118. The SMILES string of the molecule is C=C(c1cc2ccccc2[nH]1)c1ccncc1CC. The normalized spacial score (nSPS) is 10.8. The van der Waals surface area contributed by atoms with Crippen molar-refractivity contribution in [3.63, 3.8) is 0 Å². The highest BCUT2D eigenvalue weighted by atomic mass is 14.7. The predicted molar refractivity (Wildman–Crippen MR) is 80.0 cm³/mol. The third-order valence-corrected chi connectivity index (χ3v) is 3.46. The number of nitrogens with zero attached hydrogens (tertiary/aromatic N) is 1. The van der Waals surface area contributed by atoms with Crippen LogP contribution in [0, 0.1) is 0 Å². The van der Waals surface area contributed by atoms with Crippen molar-refractivity contribution in [2.45, 2.75) is 13.3 Å². The first kappa shape index (κ1) is 11.7. The fourth-order valence-corrected chi connectivity index (χ4v) is 2.38. The van der Waals surface area contributed by atoms with E-state index in [1.807, 2.05) is 30.6 Å². The summed E-state index contributed by atoms with van der Waals surface area (Å²) < 4.78 is 0. The standard InChI is InChI=1S/C17H16N2/c1-3-13-11-18-9-8-15(13)12(2)17-10-14-6-4-5-7-16(14)19-17/h4-11,19H,2-3H2,1H3. The lowest BCUT2D eigenvalue weighted by molar-refractivity contribution is 1.09. The van der Waals surface area contributed by atoms with E-state index >= 15 is 0 Å². The lowest BCUT2D eigenvalue weighted by Crippen LogP contribution is -1.94. The Kier molecular flexibility index (Phi) is 2.92. The molecule has 0 aliphatic heterocycles. The van der Waals surface area contributed by atoms with Gasteiger partial charge in [0.15, 0.2) is 0 Å². The molecule has 2 heteroatoms. The lowest BCUT2D eigenvalue weighted by atomic mass is 9.99. The zero-order valence-electron chi connectivity index (χ0n) is 11.0. The molecule has 0 unspecified atom stereocenters. The summed E-state index contributed by atoms with van der Waals surface area (Å²) in [5.74, 6) is 0. The molecule has 3 rings (SSSR count). The summed E-state index contributed by atoms with van der Waals surface area (Å²) >= 11 is 0. The van der Waals surface area contributed by atoms with Crippen LogP contribution in [0.4, 0.5) is 0 Å². The van der Waals surface area contributed by atoms with E-state index < -0.39 is 0 Å². The Labute approximate surface area is 112 Å². The zero-order chi connectivity index (χ0) is 13.2. The van der Waals surface area contributed by atoms with E-state index in [2.05, 4.69) is 41.7 Å². The number of aromatic nitrogens is 2. The van der Waals surface area contributed by atoms with Crippen LogP contribution in [0.1, 0.15) is 23.7 Å². The molecule has 94 valence electrons. The maximum absolute atomic E-state index is 4.24. The number of aromatic amines is 1. The summed E-state index contributed by atoms with van der Waals surface area (Å²) in [6.07, 6.45) is 4.70. The average Bonchev–Trinajstić information content (AvgIpc) is 2.90. The van der Waals surface area contributed by atoms with Gasteiger partial charge in [0.1, 0.15) is 0 Å². The van der Waals surface area contributed by atoms with Crippen LogP contribution >= 0.6 is 0 Å². The summed E-state index contributed by atoms with van der Waals surface area (Å²) in [6.45, 7) is 6.38. The number of para-hydroxylation sites is 1. The van der Waals surface area contributed by atoms with Gasteiger partial charge >= 0.3 is 0 Å². The number of hydrogen-bond donors (Lipinski definition) is 1. The van der Waals surface area contributed by atoms with Gasteiger partial charge in [-0.3, -0.25) is 4.98 Å². The lowest BCUT2D eigenvalue weighted by Gasteiger charge is -2.08. The molecule has 0 aliphatic carbocycles. The van der Waals surface area contributed by atoms with Crippen LogP contribution in [-0.2, 0) is 6.42 Å². The van der Waals surface area contributed by atoms with Crippen LogP contribution in [0.2, 0.25) is 0 Å². The Morgan fingerprint density at radius 2 is 2.11 bits per heavy atom. The molecule has 0 aliphatic rings. The molecule has 1 N–H and O–H groups in total. The minimum Gasteiger partial charge on any atom is -0.355 e. The van der Waals surface area contributed by atoms with E-state index in [-0.39, 0.29) is 0 Å².